The second-order valence-electron chi connectivity index (χ2n) is 7.50. The van der Waals surface area contributed by atoms with Crippen LogP contribution in [0, 0.1) is 5.92 Å². The molecule has 124 valence electrons. The minimum absolute atomic E-state index is 0.0480. The molecule has 3 heteroatoms. The van der Waals surface area contributed by atoms with E-state index in [1.165, 1.54) is 5.56 Å². The minimum Gasteiger partial charge on any atom is -0.414 e. The van der Waals surface area contributed by atoms with E-state index in [0.717, 1.165) is 0 Å². The maximum absolute atomic E-state index is 6.33. The van der Waals surface area contributed by atoms with Crippen LogP contribution < -0.4 is 0 Å². The molecule has 1 rings (SSSR count). The van der Waals surface area contributed by atoms with Crippen molar-refractivity contribution in [2.75, 3.05) is 6.61 Å². The van der Waals surface area contributed by atoms with Crippen LogP contribution in [0.4, 0.5) is 0 Å². The molecule has 0 saturated carbocycles. The highest BCUT2D eigenvalue weighted by molar-refractivity contribution is 6.74. The Morgan fingerprint density at radius 1 is 1.18 bits per heavy atom. The van der Waals surface area contributed by atoms with E-state index >= 15 is 0 Å². The highest BCUT2D eigenvalue weighted by Crippen LogP contribution is 2.36. The Balaban J connectivity index is 2.64. The van der Waals surface area contributed by atoms with Crippen molar-refractivity contribution >= 4 is 8.32 Å². The van der Waals surface area contributed by atoms with Crippen LogP contribution in [0.2, 0.25) is 18.1 Å². The lowest BCUT2D eigenvalue weighted by Gasteiger charge is -2.37. The fraction of sp³-hybridized carbons (Fsp3) is 0.579. The SMILES string of the molecule is C=C[C@H](C)[C@H](CO[Si](C)(C)C(C)(C)C)OCc1ccccc1. The van der Waals surface area contributed by atoms with Gasteiger partial charge in [-0.3, -0.25) is 0 Å². The topological polar surface area (TPSA) is 18.5 Å². The van der Waals surface area contributed by atoms with Crippen molar-refractivity contribution in [3.8, 4) is 0 Å². The largest absolute Gasteiger partial charge is 0.414 e. The van der Waals surface area contributed by atoms with Crippen molar-refractivity contribution < 1.29 is 9.16 Å². The van der Waals surface area contributed by atoms with Crippen molar-refractivity contribution in [3.63, 3.8) is 0 Å². The van der Waals surface area contributed by atoms with E-state index in [-0.39, 0.29) is 17.1 Å². The number of rotatable bonds is 8. The Kier molecular flexibility index (Phi) is 7.04. The summed E-state index contributed by atoms with van der Waals surface area (Å²) in [5, 5.41) is 0.217. The van der Waals surface area contributed by atoms with Crippen molar-refractivity contribution in [1.82, 2.24) is 0 Å². The third-order valence-corrected chi connectivity index (χ3v) is 9.18. The normalized spacial score (nSPS) is 15.4. The summed E-state index contributed by atoms with van der Waals surface area (Å²) in [6.07, 6.45) is 2.00. The Labute approximate surface area is 137 Å². The second kappa shape index (κ2) is 8.09. The Hall–Kier alpha value is -0.903. The highest BCUT2D eigenvalue weighted by atomic mass is 28.4. The average molecular weight is 321 g/mol. The lowest BCUT2D eigenvalue weighted by atomic mass is 10.1. The first-order chi connectivity index (χ1) is 10.2. The molecule has 0 aliphatic carbocycles. The third kappa shape index (κ3) is 5.71. The summed E-state index contributed by atoms with van der Waals surface area (Å²) in [5.74, 6) is 0.272. The van der Waals surface area contributed by atoms with Gasteiger partial charge >= 0.3 is 0 Å². The van der Waals surface area contributed by atoms with E-state index in [4.69, 9.17) is 9.16 Å². The van der Waals surface area contributed by atoms with E-state index in [0.29, 0.717) is 13.2 Å². The molecular formula is C19H32O2Si. The first-order valence-electron chi connectivity index (χ1n) is 8.09. The van der Waals surface area contributed by atoms with Gasteiger partial charge in [0.25, 0.3) is 0 Å². The average Bonchev–Trinajstić information content (AvgIpc) is 2.46. The van der Waals surface area contributed by atoms with Gasteiger partial charge in [-0.2, -0.15) is 0 Å². The lowest BCUT2D eigenvalue weighted by Crippen LogP contribution is -2.43. The number of hydrogen-bond donors (Lipinski definition) is 0. The molecule has 0 aromatic heterocycles. The van der Waals surface area contributed by atoms with Gasteiger partial charge in [-0.15, -0.1) is 6.58 Å². The zero-order valence-electron chi connectivity index (χ0n) is 15.1. The molecule has 0 unspecified atom stereocenters. The molecule has 2 atom stereocenters. The predicted molar refractivity (Wildman–Crippen MR) is 97.5 cm³/mol. The molecule has 0 spiro atoms. The summed E-state index contributed by atoms with van der Waals surface area (Å²) in [4.78, 5) is 0. The van der Waals surface area contributed by atoms with Crippen LogP contribution in [0.3, 0.4) is 0 Å². The second-order valence-corrected chi connectivity index (χ2v) is 12.3. The molecular weight excluding hydrogens is 288 g/mol. The fourth-order valence-electron chi connectivity index (χ4n) is 1.79. The molecule has 0 aliphatic rings. The zero-order chi connectivity index (χ0) is 16.8. The predicted octanol–water partition coefficient (Wildman–Crippen LogP) is 5.42. The smallest absolute Gasteiger partial charge is 0.192 e. The molecule has 2 nitrogen and oxygen atoms in total. The van der Waals surface area contributed by atoms with E-state index in [2.05, 4.69) is 59.5 Å². The van der Waals surface area contributed by atoms with Crippen molar-refractivity contribution in [1.29, 1.82) is 0 Å². The highest BCUT2D eigenvalue weighted by Gasteiger charge is 2.37. The van der Waals surface area contributed by atoms with Gasteiger partial charge in [-0.25, -0.2) is 0 Å². The summed E-state index contributed by atoms with van der Waals surface area (Å²) in [5.41, 5.74) is 1.19. The lowest BCUT2D eigenvalue weighted by molar-refractivity contribution is -0.0142. The Bertz CT molecular complexity index is 448. The van der Waals surface area contributed by atoms with E-state index in [1.54, 1.807) is 0 Å². The van der Waals surface area contributed by atoms with Gasteiger partial charge in [0.05, 0.1) is 19.3 Å². The summed E-state index contributed by atoms with van der Waals surface area (Å²) >= 11 is 0. The van der Waals surface area contributed by atoms with Crippen molar-refractivity contribution in [3.05, 3.63) is 48.6 Å². The maximum Gasteiger partial charge on any atom is 0.192 e. The monoisotopic (exact) mass is 320 g/mol. The van der Waals surface area contributed by atoms with Gasteiger partial charge in [0, 0.05) is 5.92 Å². The van der Waals surface area contributed by atoms with Crippen molar-refractivity contribution in [2.45, 2.75) is 58.5 Å². The molecule has 0 heterocycles. The molecule has 0 fully saturated rings. The van der Waals surface area contributed by atoms with Gasteiger partial charge in [-0.05, 0) is 23.7 Å². The molecule has 22 heavy (non-hydrogen) atoms. The standard InChI is InChI=1S/C19H32O2Si/c1-8-16(2)18(15-21-22(6,7)19(3,4)5)20-14-17-12-10-9-11-13-17/h8-13,16,18H,1,14-15H2,2-7H3/t16-,18-/m0/s1. The summed E-state index contributed by atoms with van der Waals surface area (Å²) < 4.78 is 12.4. The van der Waals surface area contributed by atoms with Gasteiger partial charge < -0.3 is 9.16 Å². The molecule has 1 aromatic rings. The molecule has 1 aromatic carbocycles. The molecule has 0 radical (unpaired) electrons. The quantitative estimate of drug-likeness (QED) is 0.470. The number of hydrogen-bond acceptors (Lipinski definition) is 2. The number of benzene rings is 1. The van der Waals surface area contributed by atoms with E-state index < -0.39 is 8.32 Å². The first-order valence-corrected chi connectivity index (χ1v) is 11.0. The molecule has 0 saturated heterocycles. The first kappa shape index (κ1) is 19.1. The summed E-state index contributed by atoms with van der Waals surface area (Å²) in [6, 6.07) is 10.3. The van der Waals surface area contributed by atoms with Crippen LogP contribution in [-0.2, 0) is 15.8 Å². The molecule has 0 bridgehead atoms. The van der Waals surface area contributed by atoms with Crippen LogP contribution in [-0.4, -0.2) is 21.0 Å². The summed E-state index contributed by atoms with van der Waals surface area (Å²) in [6.45, 7) is 18.6. The van der Waals surface area contributed by atoms with Gasteiger partial charge in [-0.1, -0.05) is 64.1 Å². The van der Waals surface area contributed by atoms with Gasteiger partial charge in [0.15, 0.2) is 8.32 Å². The Morgan fingerprint density at radius 3 is 2.27 bits per heavy atom. The van der Waals surface area contributed by atoms with Crippen LogP contribution in [0.1, 0.15) is 33.3 Å². The number of ether oxygens (including phenoxy) is 1. The van der Waals surface area contributed by atoms with E-state index in [9.17, 15) is 0 Å². The zero-order valence-corrected chi connectivity index (χ0v) is 16.1. The maximum atomic E-state index is 6.33. The molecule has 0 N–H and O–H groups in total. The fourth-order valence-corrected chi connectivity index (χ4v) is 2.80. The van der Waals surface area contributed by atoms with Crippen LogP contribution >= 0.6 is 0 Å². The molecule has 0 aliphatic heterocycles. The van der Waals surface area contributed by atoms with Gasteiger partial charge in [0.2, 0.25) is 0 Å². The third-order valence-electron chi connectivity index (χ3n) is 4.68. The van der Waals surface area contributed by atoms with Crippen molar-refractivity contribution in [2.24, 2.45) is 5.92 Å². The Morgan fingerprint density at radius 2 is 1.77 bits per heavy atom. The van der Waals surface area contributed by atoms with Crippen LogP contribution in [0.25, 0.3) is 0 Å². The van der Waals surface area contributed by atoms with E-state index in [1.807, 2.05) is 24.3 Å². The van der Waals surface area contributed by atoms with Crippen LogP contribution in [0.15, 0.2) is 43.0 Å². The summed E-state index contributed by atoms with van der Waals surface area (Å²) in [7, 11) is -1.75. The van der Waals surface area contributed by atoms with Crippen LogP contribution in [0.5, 0.6) is 0 Å². The minimum atomic E-state index is -1.75. The molecule has 0 amide bonds. The van der Waals surface area contributed by atoms with Gasteiger partial charge in [0.1, 0.15) is 0 Å².